The molecule has 0 aliphatic heterocycles. The predicted octanol–water partition coefficient (Wildman–Crippen LogP) is 5.46. The molecule has 0 bridgehead atoms. The number of anilines is 1. The highest BCUT2D eigenvalue weighted by Crippen LogP contribution is 2.25. The molecule has 0 radical (unpaired) electrons. The second-order valence-corrected chi connectivity index (χ2v) is 7.22. The van der Waals surface area contributed by atoms with Crippen LogP contribution in [0.5, 0.6) is 0 Å². The van der Waals surface area contributed by atoms with E-state index in [2.05, 4.69) is 15.4 Å². The van der Waals surface area contributed by atoms with Gasteiger partial charge in [-0.15, -0.1) is 5.10 Å². The van der Waals surface area contributed by atoms with Crippen molar-refractivity contribution in [3.05, 3.63) is 94.8 Å². The first-order valence-corrected chi connectivity index (χ1v) is 9.56. The minimum atomic E-state index is -0.363. The van der Waals surface area contributed by atoms with Crippen LogP contribution in [-0.2, 0) is 0 Å². The number of nitrogens with zero attached hydrogens (tertiary/aromatic N) is 3. The Morgan fingerprint density at radius 2 is 1.72 bits per heavy atom. The third-order valence-corrected chi connectivity index (χ3v) is 4.78. The Morgan fingerprint density at radius 3 is 2.45 bits per heavy atom. The average molecular weight is 403 g/mol. The number of hydrogen-bond acceptors (Lipinski definition) is 3. The Morgan fingerprint density at radius 1 is 0.966 bits per heavy atom. The highest BCUT2D eigenvalue weighted by molar-refractivity contribution is 6.30. The molecule has 1 aromatic heterocycles. The summed E-state index contributed by atoms with van der Waals surface area (Å²) in [5, 5.41) is 8.02. The van der Waals surface area contributed by atoms with Crippen LogP contribution in [-0.4, -0.2) is 20.7 Å². The zero-order valence-corrected chi connectivity index (χ0v) is 16.8. The van der Waals surface area contributed by atoms with Gasteiger partial charge >= 0.3 is 0 Å². The van der Waals surface area contributed by atoms with Crippen LogP contribution < -0.4 is 5.32 Å². The van der Waals surface area contributed by atoms with Gasteiger partial charge in [-0.1, -0.05) is 41.9 Å². The lowest BCUT2D eigenvalue weighted by Crippen LogP contribution is -2.14. The Hall–Kier alpha value is -3.44. The molecule has 0 aliphatic rings. The number of nitrogens with one attached hydrogen (secondary N) is 1. The minimum absolute atomic E-state index is 0.0970. The van der Waals surface area contributed by atoms with Crippen LogP contribution in [0.4, 0.5) is 5.69 Å². The van der Waals surface area contributed by atoms with E-state index in [9.17, 15) is 4.79 Å². The summed E-state index contributed by atoms with van der Waals surface area (Å²) in [6, 6.07) is 22.8. The fourth-order valence-corrected chi connectivity index (χ4v) is 3.20. The van der Waals surface area contributed by atoms with Gasteiger partial charge in [-0.05, 0) is 67.4 Å². The molecule has 0 unspecified atom stereocenters. The van der Waals surface area contributed by atoms with Crippen LogP contribution in [0.2, 0.25) is 5.02 Å². The van der Waals surface area contributed by atoms with Crippen LogP contribution in [0.3, 0.4) is 0 Å². The number of rotatable bonds is 4. The maximum absolute atomic E-state index is 12.8. The van der Waals surface area contributed by atoms with Gasteiger partial charge in [-0.25, -0.2) is 9.67 Å². The van der Waals surface area contributed by atoms with Crippen molar-refractivity contribution in [2.24, 2.45) is 0 Å². The normalized spacial score (nSPS) is 10.7. The highest BCUT2D eigenvalue weighted by Gasteiger charge is 2.19. The van der Waals surface area contributed by atoms with Crippen molar-refractivity contribution < 1.29 is 4.79 Å². The van der Waals surface area contributed by atoms with Crippen LogP contribution in [0.1, 0.15) is 21.7 Å². The monoisotopic (exact) mass is 402 g/mol. The van der Waals surface area contributed by atoms with E-state index in [0.29, 0.717) is 16.5 Å². The van der Waals surface area contributed by atoms with Gasteiger partial charge in [-0.3, -0.25) is 4.79 Å². The first kappa shape index (κ1) is 18.9. The van der Waals surface area contributed by atoms with Crippen molar-refractivity contribution in [1.82, 2.24) is 14.8 Å². The summed E-state index contributed by atoms with van der Waals surface area (Å²) in [6.07, 6.45) is 0. The van der Waals surface area contributed by atoms with Crippen LogP contribution in [0.15, 0.2) is 72.8 Å². The van der Waals surface area contributed by atoms with Crippen molar-refractivity contribution in [2.45, 2.75) is 13.8 Å². The van der Waals surface area contributed by atoms with E-state index in [1.807, 2.05) is 74.5 Å². The van der Waals surface area contributed by atoms with Gasteiger partial charge in [0, 0.05) is 16.3 Å². The molecule has 3 aromatic carbocycles. The first-order valence-electron chi connectivity index (χ1n) is 9.18. The van der Waals surface area contributed by atoms with Gasteiger partial charge in [0.05, 0.1) is 5.69 Å². The number of carbonyl (C=O) groups is 1. The molecule has 6 heteroatoms. The summed E-state index contributed by atoms with van der Waals surface area (Å²) in [4.78, 5) is 17.4. The largest absolute Gasteiger partial charge is 0.319 e. The van der Waals surface area contributed by atoms with E-state index < -0.39 is 0 Å². The lowest BCUT2D eigenvalue weighted by atomic mass is 10.2. The summed E-state index contributed by atoms with van der Waals surface area (Å²) >= 11 is 6.03. The first-order chi connectivity index (χ1) is 14.0. The van der Waals surface area contributed by atoms with Crippen molar-refractivity contribution in [3.63, 3.8) is 0 Å². The zero-order valence-electron chi connectivity index (χ0n) is 16.1. The van der Waals surface area contributed by atoms with E-state index in [1.165, 1.54) is 0 Å². The molecule has 144 valence electrons. The molecule has 0 saturated heterocycles. The Balaban J connectivity index is 1.78. The number of amides is 1. The third kappa shape index (κ3) is 4.05. The quantitative estimate of drug-likeness (QED) is 0.493. The standard InChI is InChI=1S/C23H19ClN4O/c1-15-6-5-8-19(14-15)25-23(29)21-26-22(17-10-12-18(24)13-11-17)28(27-21)20-9-4-3-7-16(20)2/h3-14H,1-2H3,(H,25,29). The maximum Gasteiger partial charge on any atom is 0.295 e. The van der Waals surface area contributed by atoms with Gasteiger partial charge in [0.15, 0.2) is 5.82 Å². The van der Waals surface area contributed by atoms with Crippen LogP contribution in [0, 0.1) is 13.8 Å². The summed E-state index contributed by atoms with van der Waals surface area (Å²) in [7, 11) is 0. The molecular weight excluding hydrogens is 384 g/mol. The minimum Gasteiger partial charge on any atom is -0.319 e. The molecule has 0 aliphatic carbocycles. The lowest BCUT2D eigenvalue weighted by Gasteiger charge is -2.08. The molecule has 29 heavy (non-hydrogen) atoms. The molecule has 0 spiro atoms. The van der Waals surface area contributed by atoms with E-state index in [4.69, 9.17) is 11.6 Å². The van der Waals surface area contributed by atoms with Gasteiger partial charge in [0.1, 0.15) is 0 Å². The average Bonchev–Trinajstić information content (AvgIpc) is 3.14. The second-order valence-electron chi connectivity index (χ2n) is 6.79. The number of halogens is 1. The van der Waals surface area contributed by atoms with E-state index in [1.54, 1.807) is 16.8 Å². The molecule has 1 heterocycles. The van der Waals surface area contributed by atoms with Crippen LogP contribution >= 0.6 is 11.6 Å². The molecule has 1 amide bonds. The molecule has 5 nitrogen and oxygen atoms in total. The van der Waals surface area contributed by atoms with Crippen molar-refractivity contribution >= 4 is 23.2 Å². The number of aromatic nitrogens is 3. The number of benzene rings is 3. The Kier molecular flexibility index (Phi) is 5.14. The van der Waals surface area contributed by atoms with E-state index >= 15 is 0 Å². The van der Waals surface area contributed by atoms with Crippen molar-refractivity contribution in [3.8, 4) is 17.1 Å². The molecule has 4 aromatic rings. The summed E-state index contributed by atoms with van der Waals surface area (Å²) < 4.78 is 1.70. The Bertz CT molecular complexity index is 1180. The van der Waals surface area contributed by atoms with Gasteiger partial charge in [0.2, 0.25) is 5.82 Å². The second kappa shape index (κ2) is 7.89. The fourth-order valence-electron chi connectivity index (χ4n) is 3.07. The number of para-hydroxylation sites is 1. The lowest BCUT2D eigenvalue weighted by molar-refractivity contribution is 0.101. The Labute approximate surface area is 174 Å². The maximum atomic E-state index is 12.8. The molecule has 0 atom stereocenters. The fraction of sp³-hybridized carbons (Fsp3) is 0.0870. The molecule has 4 rings (SSSR count). The molecule has 0 fully saturated rings. The molecule has 0 saturated carbocycles. The molecular formula is C23H19ClN4O. The van der Waals surface area contributed by atoms with Gasteiger partial charge in [-0.2, -0.15) is 0 Å². The van der Waals surface area contributed by atoms with Crippen molar-refractivity contribution in [2.75, 3.05) is 5.32 Å². The number of hydrogen-bond donors (Lipinski definition) is 1. The topological polar surface area (TPSA) is 59.8 Å². The SMILES string of the molecule is Cc1cccc(NC(=O)c2nc(-c3ccc(Cl)cc3)n(-c3ccccc3C)n2)c1. The number of aryl methyl sites for hydroxylation is 2. The number of carbonyl (C=O) groups excluding carboxylic acids is 1. The summed E-state index contributed by atoms with van der Waals surface area (Å²) in [5.41, 5.74) is 4.47. The summed E-state index contributed by atoms with van der Waals surface area (Å²) in [5.74, 6) is 0.309. The third-order valence-electron chi connectivity index (χ3n) is 4.53. The highest BCUT2D eigenvalue weighted by atomic mass is 35.5. The predicted molar refractivity (Wildman–Crippen MR) is 116 cm³/mol. The van der Waals surface area contributed by atoms with Gasteiger partial charge in [0.25, 0.3) is 5.91 Å². The van der Waals surface area contributed by atoms with Crippen LogP contribution in [0.25, 0.3) is 17.1 Å². The zero-order chi connectivity index (χ0) is 20.4. The molecule has 1 N–H and O–H groups in total. The van der Waals surface area contributed by atoms with Crippen molar-refractivity contribution in [1.29, 1.82) is 0 Å². The van der Waals surface area contributed by atoms with E-state index in [0.717, 1.165) is 22.4 Å². The van der Waals surface area contributed by atoms with E-state index in [-0.39, 0.29) is 11.7 Å². The van der Waals surface area contributed by atoms with Gasteiger partial charge < -0.3 is 5.32 Å². The smallest absolute Gasteiger partial charge is 0.295 e. The summed E-state index contributed by atoms with van der Waals surface area (Å²) in [6.45, 7) is 3.97.